The quantitative estimate of drug-likeness (QED) is 0.779. The predicted molar refractivity (Wildman–Crippen MR) is 107 cm³/mol. The van der Waals surface area contributed by atoms with Gasteiger partial charge in [-0.1, -0.05) is 17.7 Å². The SMILES string of the molecule is COC1CCN(c2ccc(NC(=O)CCc3ccc(F)c(Cl)c3)cc2)CC1. The molecule has 0 aromatic heterocycles. The summed E-state index contributed by atoms with van der Waals surface area (Å²) in [6.07, 6.45) is 3.24. The molecule has 0 saturated carbocycles. The first-order valence-electron chi connectivity index (χ1n) is 9.17. The summed E-state index contributed by atoms with van der Waals surface area (Å²) < 4.78 is 18.6. The highest BCUT2D eigenvalue weighted by Gasteiger charge is 2.18. The van der Waals surface area contributed by atoms with E-state index in [-0.39, 0.29) is 10.9 Å². The molecular weight excluding hydrogens is 367 g/mol. The molecule has 4 nitrogen and oxygen atoms in total. The molecule has 3 rings (SSSR count). The Bertz CT molecular complexity index is 774. The van der Waals surface area contributed by atoms with Gasteiger partial charge in [0, 0.05) is 38.0 Å². The number of ether oxygens (including phenoxy) is 1. The van der Waals surface area contributed by atoms with Crippen molar-refractivity contribution in [2.45, 2.75) is 31.8 Å². The number of rotatable bonds is 6. The van der Waals surface area contributed by atoms with Crippen LogP contribution in [0.4, 0.5) is 15.8 Å². The normalized spacial score (nSPS) is 15.0. The van der Waals surface area contributed by atoms with Crippen LogP contribution in [-0.2, 0) is 16.0 Å². The van der Waals surface area contributed by atoms with Crippen LogP contribution in [0.1, 0.15) is 24.8 Å². The number of carbonyl (C=O) groups is 1. The van der Waals surface area contributed by atoms with Gasteiger partial charge in [-0.05, 0) is 61.2 Å². The fourth-order valence-electron chi connectivity index (χ4n) is 3.28. The molecule has 0 bridgehead atoms. The standard InChI is InChI=1S/C21H24ClFN2O2/c1-27-18-10-12-25(13-11-18)17-6-4-16(5-7-17)24-21(26)9-3-15-2-8-20(23)19(22)14-15/h2,4-8,14,18H,3,9-13H2,1H3,(H,24,26). The van der Waals surface area contributed by atoms with Crippen molar-refractivity contribution in [1.82, 2.24) is 0 Å². The van der Waals surface area contributed by atoms with Gasteiger partial charge in [0.05, 0.1) is 11.1 Å². The van der Waals surface area contributed by atoms with Crippen molar-refractivity contribution in [3.05, 3.63) is 58.9 Å². The van der Waals surface area contributed by atoms with Crippen LogP contribution < -0.4 is 10.2 Å². The molecule has 1 aliphatic heterocycles. The summed E-state index contributed by atoms with van der Waals surface area (Å²) in [5, 5.41) is 2.98. The van der Waals surface area contributed by atoms with Crippen LogP contribution in [0.2, 0.25) is 5.02 Å². The Morgan fingerprint density at radius 3 is 2.56 bits per heavy atom. The number of halogens is 2. The molecule has 2 aromatic carbocycles. The van der Waals surface area contributed by atoms with Crippen LogP contribution in [0.5, 0.6) is 0 Å². The fourth-order valence-corrected chi connectivity index (χ4v) is 3.48. The minimum absolute atomic E-state index is 0.0795. The third-order valence-electron chi connectivity index (χ3n) is 4.92. The summed E-state index contributed by atoms with van der Waals surface area (Å²) in [6, 6.07) is 12.4. The second kappa shape index (κ2) is 9.20. The molecule has 2 aromatic rings. The number of amides is 1. The smallest absolute Gasteiger partial charge is 0.224 e. The van der Waals surface area contributed by atoms with E-state index in [1.807, 2.05) is 24.3 Å². The number of nitrogens with one attached hydrogen (secondary N) is 1. The lowest BCUT2D eigenvalue weighted by molar-refractivity contribution is -0.116. The van der Waals surface area contributed by atoms with Crippen molar-refractivity contribution < 1.29 is 13.9 Å². The molecule has 0 atom stereocenters. The van der Waals surface area contributed by atoms with E-state index in [0.717, 1.165) is 42.9 Å². The second-order valence-corrected chi connectivity index (χ2v) is 7.17. The van der Waals surface area contributed by atoms with Crippen LogP contribution in [0.3, 0.4) is 0 Å². The summed E-state index contributed by atoms with van der Waals surface area (Å²) >= 11 is 5.77. The van der Waals surface area contributed by atoms with Crippen molar-refractivity contribution in [2.24, 2.45) is 0 Å². The van der Waals surface area contributed by atoms with Gasteiger partial charge >= 0.3 is 0 Å². The zero-order valence-corrected chi connectivity index (χ0v) is 16.1. The van der Waals surface area contributed by atoms with Crippen LogP contribution >= 0.6 is 11.6 Å². The van der Waals surface area contributed by atoms with E-state index in [2.05, 4.69) is 10.2 Å². The van der Waals surface area contributed by atoms with E-state index in [9.17, 15) is 9.18 Å². The molecule has 6 heteroatoms. The van der Waals surface area contributed by atoms with Crippen LogP contribution in [0, 0.1) is 5.82 Å². The topological polar surface area (TPSA) is 41.6 Å². The molecule has 144 valence electrons. The van der Waals surface area contributed by atoms with Gasteiger partial charge in [-0.3, -0.25) is 4.79 Å². The van der Waals surface area contributed by atoms with Crippen molar-refractivity contribution in [3.63, 3.8) is 0 Å². The van der Waals surface area contributed by atoms with Gasteiger partial charge in [0.1, 0.15) is 5.82 Å². The summed E-state index contributed by atoms with van der Waals surface area (Å²) in [5.74, 6) is -0.527. The van der Waals surface area contributed by atoms with Gasteiger partial charge in [-0.2, -0.15) is 0 Å². The van der Waals surface area contributed by atoms with E-state index < -0.39 is 5.82 Å². The summed E-state index contributed by atoms with van der Waals surface area (Å²) in [6.45, 7) is 1.95. The molecule has 0 unspecified atom stereocenters. The first kappa shape index (κ1) is 19.6. The number of nitrogens with zero attached hydrogens (tertiary/aromatic N) is 1. The maximum absolute atomic E-state index is 13.2. The number of piperidine rings is 1. The van der Waals surface area contributed by atoms with Gasteiger partial charge in [0.15, 0.2) is 0 Å². The number of hydrogen-bond donors (Lipinski definition) is 1. The van der Waals surface area contributed by atoms with E-state index >= 15 is 0 Å². The minimum Gasteiger partial charge on any atom is -0.381 e. The van der Waals surface area contributed by atoms with Gasteiger partial charge in [0.2, 0.25) is 5.91 Å². The molecule has 1 saturated heterocycles. The maximum atomic E-state index is 13.2. The zero-order valence-electron chi connectivity index (χ0n) is 15.4. The number of anilines is 2. The number of benzene rings is 2. The third-order valence-corrected chi connectivity index (χ3v) is 5.21. The van der Waals surface area contributed by atoms with Crippen LogP contribution in [-0.4, -0.2) is 32.2 Å². The summed E-state index contributed by atoms with van der Waals surface area (Å²) in [5.41, 5.74) is 2.77. The van der Waals surface area contributed by atoms with Crippen molar-refractivity contribution >= 4 is 28.9 Å². The Morgan fingerprint density at radius 1 is 1.22 bits per heavy atom. The molecule has 27 heavy (non-hydrogen) atoms. The molecule has 1 N–H and O–H groups in total. The number of methoxy groups -OCH3 is 1. The second-order valence-electron chi connectivity index (χ2n) is 6.77. The molecule has 1 amide bonds. The number of hydrogen-bond acceptors (Lipinski definition) is 3. The Morgan fingerprint density at radius 2 is 1.93 bits per heavy atom. The van der Waals surface area contributed by atoms with E-state index in [4.69, 9.17) is 16.3 Å². The Kier molecular flexibility index (Phi) is 6.69. The third kappa shape index (κ3) is 5.44. The van der Waals surface area contributed by atoms with Gasteiger partial charge in [-0.25, -0.2) is 4.39 Å². The monoisotopic (exact) mass is 390 g/mol. The van der Waals surface area contributed by atoms with E-state index in [1.54, 1.807) is 19.2 Å². The Labute approximate surface area is 164 Å². The molecule has 0 spiro atoms. The highest BCUT2D eigenvalue weighted by Crippen LogP contribution is 2.23. The van der Waals surface area contributed by atoms with Gasteiger partial charge in [-0.15, -0.1) is 0 Å². The first-order valence-corrected chi connectivity index (χ1v) is 9.54. The molecule has 0 radical (unpaired) electrons. The molecule has 1 fully saturated rings. The van der Waals surface area contributed by atoms with E-state index in [0.29, 0.717) is 18.9 Å². The minimum atomic E-state index is -0.448. The lowest BCUT2D eigenvalue weighted by atomic mass is 10.1. The average Bonchev–Trinajstić information content (AvgIpc) is 2.69. The van der Waals surface area contributed by atoms with Crippen LogP contribution in [0.15, 0.2) is 42.5 Å². The lowest BCUT2D eigenvalue weighted by Gasteiger charge is -2.33. The summed E-state index contributed by atoms with van der Waals surface area (Å²) in [7, 11) is 1.77. The highest BCUT2D eigenvalue weighted by atomic mass is 35.5. The van der Waals surface area contributed by atoms with E-state index in [1.165, 1.54) is 6.07 Å². The average molecular weight is 391 g/mol. The zero-order chi connectivity index (χ0) is 19.2. The molecule has 1 aliphatic rings. The number of aryl methyl sites for hydroxylation is 1. The van der Waals surface area contributed by atoms with Gasteiger partial charge < -0.3 is 15.0 Å². The van der Waals surface area contributed by atoms with Crippen LogP contribution in [0.25, 0.3) is 0 Å². The fraction of sp³-hybridized carbons (Fsp3) is 0.381. The lowest BCUT2D eigenvalue weighted by Crippen LogP contribution is -2.36. The van der Waals surface area contributed by atoms with Crippen molar-refractivity contribution in [3.8, 4) is 0 Å². The van der Waals surface area contributed by atoms with Crippen molar-refractivity contribution in [2.75, 3.05) is 30.4 Å². The summed E-state index contributed by atoms with van der Waals surface area (Å²) in [4.78, 5) is 14.5. The largest absolute Gasteiger partial charge is 0.381 e. The molecule has 0 aliphatic carbocycles. The maximum Gasteiger partial charge on any atom is 0.224 e. The van der Waals surface area contributed by atoms with Gasteiger partial charge in [0.25, 0.3) is 0 Å². The Hall–Kier alpha value is -2.11. The molecular formula is C21H24ClFN2O2. The number of carbonyl (C=O) groups excluding carboxylic acids is 1. The Balaban J connectivity index is 1.49. The highest BCUT2D eigenvalue weighted by molar-refractivity contribution is 6.30. The van der Waals surface area contributed by atoms with Crippen molar-refractivity contribution in [1.29, 1.82) is 0 Å². The molecule has 1 heterocycles. The first-order chi connectivity index (χ1) is 13.0. The predicted octanol–water partition coefficient (Wildman–Crippen LogP) is 4.67.